The van der Waals surface area contributed by atoms with Gasteiger partial charge in [0.25, 0.3) is 0 Å². The molecule has 0 fully saturated rings. The third kappa shape index (κ3) is 3.26. The third-order valence-electron chi connectivity index (χ3n) is 2.67. The van der Waals surface area contributed by atoms with Gasteiger partial charge in [-0.05, 0) is 31.2 Å². The molecule has 21 heavy (non-hydrogen) atoms. The molecule has 0 aliphatic heterocycles. The summed E-state index contributed by atoms with van der Waals surface area (Å²) in [6.07, 6.45) is 0. The van der Waals surface area contributed by atoms with Gasteiger partial charge in [-0.15, -0.1) is 0 Å². The van der Waals surface area contributed by atoms with Crippen LogP contribution in [0.4, 0.5) is 24.5 Å². The smallest absolute Gasteiger partial charge is 0.167 e. The first-order valence-corrected chi connectivity index (χ1v) is 6.13. The summed E-state index contributed by atoms with van der Waals surface area (Å²) in [5.74, 6) is -2.44. The number of anilines is 2. The maximum Gasteiger partial charge on any atom is 0.167 e. The van der Waals surface area contributed by atoms with E-state index in [1.54, 1.807) is 13.0 Å². The molecule has 0 radical (unpaired) electrons. The summed E-state index contributed by atoms with van der Waals surface area (Å²) in [6, 6.07) is 7.31. The fourth-order valence-corrected chi connectivity index (χ4v) is 1.75. The Labute approximate surface area is 119 Å². The third-order valence-corrected chi connectivity index (χ3v) is 2.67. The predicted octanol–water partition coefficient (Wildman–Crippen LogP) is 4.12. The molecular formula is C15H11F3N2O. The molecule has 0 aliphatic rings. The number of rotatable bonds is 4. The molecule has 0 aromatic heterocycles. The second-order valence-corrected chi connectivity index (χ2v) is 4.13. The van der Waals surface area contributed by atoms with Crippen molar-refractivity contribution in [3.63, 3.8) is 0 Å². The number of hydrogen-bond acceptors (Lipinski definition) is 3. The van der Waals surface area contributed by atoms with E-state index in [-0.39, 0.29) is 17.0 Å². The Morgan fingerprint density at radius 3 is 2.29 bits per heavy atom. The average molecular weight is 292 g/mol. The Kier molecular flexibility index (Phi) is 4.33. The van der Waals surface area contributed by atoms with E-state index >= 15 is 0 Å². The van der Waals surface area contributed by atoms with Crippen LogP contribution in [0.1, 0.15) is 12.5 Å². The van der Waals surface area contributed by atoms with Crippen LogP contribution in [-0.4, -0.2) is 6.61 Å². The molecule has 2 rings (SSSR count). The highest BCUT2D eigenvalue weighted by Crippen LogP contribution is 2.27. The second kappa shape index (κ2) is 6.18. The average Bonchev–Trinajstić information content (AvgIpc) is 2.45. The minimum absolute atomic E-state index is 0.0591. The van der Waals surface area contributed by atoms with Gasteiger partial charge in [0.15, 0.2) is 23.2 Å². The molecule has 108 valence electrons. The number of nitrogens with zero attached hydrogens (tertiary/aromatic N) is 1. The normalized spacial score (nSPS) is 10.0. The molecule has 3 nitrogen and oxygen atoms in total. The lowest BCUT2D eigenvalue weighted by Crippen LogP contribution is -2.00. The van der Waals surface area contributed by atoms with E-state index < -0.39 is 23.1 Å². The fraction of sp³-hybridized carbons (Fsp3) is 0.133. The summed E-state index contributed by atoms with van der Waals surface area (Å²) >= 11 is 0. The maximum atomic E-state index is 13.7. The van der Waals surface area contributed by atoms with Crippen molar-refractivity contribution < 1.29 is 17.9 Å². The minimum Gasteiger partial charge on any atom is -0.491 e. The van der Waals surface area contributed by atoms with Crippen LogP contribution in [0.5, 0.6) is 5.75 Å². The molecule has 0 saturated carbocycles. The van der Waals surface area contributed by atoms with E-state index in [2.05, 4.69) is 5.32 Å². The second-order valence-electron chi connectivity index (χ2n) is 4.13. The van der Waals surface area contributed by atoms with Crippen LogP contribution in [0.25, 0.3) is 0 Å². The van der Waals surface area contributed by atoms with E-state index in [9.17, 15) is 13.2 Å². The molecule has 0 amide bonds. The van der Waals surface area contributed by atoms with Crippen LogP contribution in [0.15, 0.2) is 30.3 Å². The number of hydrogen-bond donors (Lipinski definition) is 1. The Morgan fingerprint density at radius 2 is 1.76 bits per heavy atom. The molecule has 0 spiro atoms. The Balaban J connectivity index is 2.31. The van der Waals surface area contributed by atoms with E-state index in [0.29, 0.717) is 6.61 Å². The molecule has 2 aromatic rings. The first-order valence-electron chi connectivity index (χ1n) is 6.13. The van der Waals surface area contributed by atoms with Gasteiger partial charge in [0.05, 0.1) is 18.2 Å². The van der Waals surface area contributed by atoms with Gasteiger partial charge < -0.3 is 10.1 Å². The summed E-state index contributed by atoms with van der Waals surface area (Å²) in [4.78, 5) is 0. The summed E-state index contributed by atoms with van der Waals surface area (Å²) < 4.78 is 46.1. The predicted molar refractivity (Wildman–Crippen MR) is 71.9 cm³/mol. The zero-order valence-electron chi connectivity index (χ0n) is 11.1. The van der Waals surface area contributed by atoms with E-state index in [1.165, 1.54) is 12.1 Å². The van der Waals surface area contributed by atoms with Crippen molar-refractivity contribution in [2.75, 3.05) is 11.9 Å². The van der Waals surface area contributed by atoms with Crippen LogP contribution in [-0.2, 0) is 0 Å². The zero-order valence-corrected chi connectivity index (χ0v) is 11.1. The van der Waals surface area contributed by atoms with Crippen LogP contribution in [0, 0.1) is 28.8 Å². The molecule has 0 saturated heterocycles. The van der Waals surface area contributed by atoms with Gasteiger partial charge >= 0.3 is 0 Å². The van der Waals surface area contributed by atoms with Crippen molar-refractivity contribution in [3.05, 3.63) is 53.3 Å². The van der Waals surface area contributed by atoms with Gasteiger partial charge in [-0.1, -0.05) is 0 Å². The van der Waals surface area contributed by atoms with Gasteiger partial charge in [-0.3, -0.25) is 0 Å². The van der Waals surface area contributed by atoms with Crippen molar-refractivity contribution in [2.45, 2.75) is 6.92 Å². The van der Waals surface area contributed by atoms with E-state index in [4.69, 9.17) is 10.00 Å². The van der Waals surface area contributed by atoms with Crippen LogP contribution < -0.4 is 10.1 Å². The van der Waals surface area contributed by atoms with Crippen molar-refractivity contribution >= 4 is 11.4 Å². The summed E-state index contributed by atoms with van der Waals surface area (Å²) in [6.45, 7) is 2.02. The van der Waals surface area contributed by atoms with Crippen LogP contribution >= 0.6 is 0 Å². The molecule has 0 heterocycles. The van der Waals surface area contributed by atoms with Gasteiger partial charge in [-0.25, -0.2) is 13.2 Å². The minimum atomic E-state index is -0.930. The maximum absolute atomic E-state index is 13.7. The fourth-order valence-electron chi connectivity index (χ4n) is 1.75. The topological polar surface area (TPSA) is 45.0 Å². The number of ether oxygens (including phenoxy) is 1. The Hall–Kier alpha value is -2.68. The van der Waals surface area contributed by atoms with Gasteiger partial charge in [0, 0.05) is 11.8 Å². The summed E-state index contributed by atoms with van der Waals surface area (Å²) in [7, 11) is 0. The molecule has 1 N–H and O–H groups in total. The van der Waals surface area contributed by atoms with Gasteiger partial charge in [0.2, 0.25) is 0 Å². The molecule has 6 heteroatoms. The Morgan fingerprint density at radius 1 is 1.10 bits per heavy atom. The lowest BCUT2D eigenvalue weighted by molar-refractivity contribution is 0.321. The Bertz CT molecular complexity index is 688. The highest BCUT2D eigenvalue weighted by molar-refractivity contribution is 5.62. The number of halogens is 3. The first-order chi connectivity index (χ1) is 10.0. The highest BCUT2D eigenvalue weighted by Gasteiger charge is 2.12. The molecular weight excluding hydrogens is 281 g/mol. The van der Waals surface area contributed by atoms with Gasteiger partial charge in [0.1, 0.15) is 5.69 Å². The molecule has 0 atom stereocenters. The van der Waals surface area contributed by atoms with Crippen molar-refractivity contribution in [1.29, 1.82) is 5.26 Å². The lowest BCUT2D eigenvalue weighted by Gasteiger charge is -2.11. The quantitative estimate of drug-likeness (QED) is 0.922. The van der Waals surface area contributed by atoms with Crippen molar-refractivity contribution in [2.24, 2.45) is 0 Å². The molecule has 2 aromatic carbocycles. The number of benzene rings is 2. The van der Waals surface area contributed by atoms with Crippen LogP contribution in [0.2, 0.25) is 0 Å². The summed E-state index contributed by atoms with van der Waals surface area (Å²) in [5.41, 5.74) is -0.413. The lowest BCUT2D eigenvalue weighted by atomic mass is 10.2. The first kappa shape index (κ1) is 14.7. The molecule has 0 aliphatic carbocycles. The molecule has 0 unspecified atom stereocenters. The molecule has 0 bridgehead atoms. The number of nitriles is 1. The van der Waals surface area contributed by atoms with Crippen LogP contribution in [0.3, 0.4) is 0 Å². The largest absolute Gasteiger partial charge is 0.491 e. The van der Waals surface area contributed by atoms with Crippen molar-refractivity contribution in [1.82, 2.24) is 0 Å². The van der Waals surface area contributed by atoms with E-state index in [0.717, 1.165) is 18.2 Å². The summed E-state index contributed by atoms with van der Waals surface area (Å²) in [5, 5.41) is 11.1. The zero-order chi connectivity index (χ0) is 15.4. The van der Waals surface area contributed by atoms with Gasteiger partial charge in [-0.2, -0.15) is 5.26 Å². The van der Waals surface area contributed by atoms with Crippen molar-refractivity contribution in [3.8, 4) is 11.8 Å². The monoisotopic (exact) mass is 292 g/mol. The SMILES string of the molecule is CCOc1ccc(Nc2c(F)cc(C#N)cc2F)cc1F. The highest BCUT2D eigenvalue weighted by atomic mass is 19.1. The van der Waals surface area contributed by atoms with E-state index in [1.807, 2.05) is 0 Å². The number of nitrogens with one attached hydrogen (secondary N) is 1. The standard InChI is InChI=1S/C15H11F3N2O/c1-2-21-14-4-3-10(7-11(14)16)20-15-12(17)5-9(8-19)6-13(15)18/h3-7,20H,2H2,1H3.